The zero-order valence-corrected chi connectivity index (χ0v) is 19.3. The third kappa shape index (κ3) is 5.71. The standard InChI is InChI=1S/C28H32N4O/c1-31(24-11-3-2-4-12-24)20-23-10-5-7-14-26(23)30-28(33)17-16-22-21-32(19-9-18-29)27-15-8-6-13-25(22)27/h5-8,10,13-17,21,24H,2-4,9,11-12,19-20H2,1H3,(H,30,33)/b17-16+. The third-order valence-corrected chi connectivity index (χ3v) is 6.59. The van der Waals surface area contributed by atoms with Gasteiger partial charge in [-0.25, -0.2) is 0 Å². The Morgan fingerprint density at radius 2 is 1.91 bits per heavy atom. The summed E-state index contributed by atoms with van der Waals surface area (Å²) < 4.78 is 2.08. The van der Waals surface area contributed by atoms with Crippen LogP contribution in [0.3, 0.4) is 0 Å². The van der Waals surface area contributed by atoms with Gasteiger partial charge in [-0.05, 0) is 43.7 Å². The van der Waals surface area contributed by atoms with Gasteiger partial charge in [0.25, 0.3) is 0 Å². The number of para-hydroxylation sites is 2. The first-order chi connectivity index (χ1) is 16.2. The number of anilines is 1. The van der Waals surface area contributed by atoms with Gasteiger partial charge in [-0.1, -0.05) is 55.7 Å². The number of benzene rings is 2. The Kier molecular flexibility index (Phi) is 7.59. The molecule has 0 radical (unpaired) electrons. The zero-order valence-electron chi connectivity index (χ0n) is 19.3. The summed E-state index contributed by atoms with van der Waals surface area (Å²) >= 11 is 0. The van der Waals surface area contributed by atoms with E-state index in [0.717, 1.165) is 34.3 Å². The van der Waals surface area contributed by atoms with E-state index in [1.54, 1.807) is 6.08 Å². The van der Waals surface area contributed by atoms with Crippen LogP contribution in [0.2, 0.25) is 0 Å². The van der Waals surface area contributed by atoms with Gasteiger partial charge < -0.3 is 9.88 Å². The van der Waals surface area contributed by atoms with Crippen LogP contribution < -0.4 is 5.32 Å². The van der Waals surface area contributed by atoms with Gasteiger partial charge in [-0.2, -0.15) is 5.26 Å². The molecule has 2 aromatic carbocycles. The first-order valence-electron chi connectivity index (χ1n) is 11.9. The van der Waals surface area contributed by atoms with Crippen molar-refractivity contribution in [2.24, 2.45) is 0 Å². The summed E-state index contributed by atoms with van der Waals surface area (Å²) in [5.41, 5.74) is 4.06. The maximum Gasteiger partial charge on any atom is 0.248 e. The van der Waals surface area contributed by atoms with Gasteiger partial charge in [-0.15, -0.1) is 0 Å². The van der Waals surface area contributed by atoms with E-state index in [1.807, 2.05) is 54.7 Å². The van der Waals surface area contributed by atoms with E-state index in [-0.39, 0.29) is 5.91 Å². The second kappa shape index (κ2) is 11.0. The fraction of sp³-hybridized carbons (Fsp3) is 0.357. The number of fused-ring (bicyclic) bond motifs is 1. The highest BCUT2D eigenvalue weighted by atomic mass is 16.1. The van der Waals surface area contributed by atoms with Gasteiger partial charge >= 0.3 is 0 Å². The molecule has 4 rings (SSSR count). The lowest BCUT2D eigenvalue weighted by Gasteiger charge is -2.31. The fourth-order valence-corrected chi connectivity index (χ4v) is 4.80. The largest absolute Gasteiger partial charge is 0.346 e. The normalized spacial score (nSPS) is 14.7. The number of carbonyl (C=O) groups excluding carboxylic acids is 1. The van der Waals surface area contributed by atoms with Gasteiger partial charge in [0.05, 0.1) is 12.5 Å². The summed E-state index contributed by atoms with van der Waals surface area (Å²) in [6.07, 6.45) is 12.4. The van der Waals surface area contributed by atoms with Gasteiger partial charge in [-0.3, -0.25) is 9.69 Å². The molecule has 1 saturated carbocycles. The zero-order chi connectivity index (χ0) is 23.0. The van der Waals surface area contributed by atoms with Crippen molar-refractivity contribution in [1.82, 2.24) is 9.47 Å². The third-order valence-electron chi connectivity index (χ3n) is 6.59. The van der Waals surface area contributed by atoms with E-state index in [4.69, 9.17) is 5.26 Å². The lowest BCUT2D eigenvalue weighted by Crippen LogP contribution is -2.33. The number of amides is 1. The monoisotopic (exact) mass is 440 g/mol. The Bertz CT molecular complexity index is 1160. The predicted octanol–water partition coefficient (Wildman–Crippen LogP) is 5.97. The molecule has 1 aliphatic carbocycles. The van der Waals surface area contributed by atoms with Crippen molar-refractivity contribution in [3.63, 3.8) is 0 Å². The number of nitrogens with one attached hydrogen (secondary N) is 1. The van der Waals surface area contributed by atoms with Gasteiger partial charge in [0.2, 0.25) is 5.91 Å². The number of hydrogen-bond acceptors (Lipinski definition) is 3. The smallest absolute Gasteiger partial charge is 0.248 e. The number of rotatable bonds is 8. The molecule has 0 saturated heterocycles. The first kappa shape index (κ1) is 22.8. The molecule has 1 aliphatic rings. The molecule has 0 aliphatic heterocycles. The SMILES string of the molecule is CN(Cc1ccccc1NC(=O)/C=C/c1cn(CCC#N)c2ccccc12)C1CCCCC1. The maximum absolute atomic E-state index is 12.8. The Morgan fingerprint density at radius 1 is 1.15 bits per heavy atom. The van der Waals surface area contributed by atoms with Crippen LogP contribution in [0.4, 0.5) is 5.69 Å². The number of aromatic nitrogens is 1. The highest BCUT2D eigenvalue weighted by Crippen LogP contribution is 2.25. The van der Waals surface area contributed by atoms with Crippen molar-refractivity contribution < 1.29 is 4.79 Å². The van der Waals surface area contributed by atoms with E-state index < -0.39 is 0 Å². The van der Waals surface area contributed by atoms with Crippen molar-refractivity contribution in [3.8, 4) is 6.07 Å². The molecule has 1 amide bonds. The molecule has 1 N–H and O–H groups in total. The number of hydrogen-bond donors (Lipinski definition) is 1. The molecular weight excluding hydrogens is 408 g/mol. The van der Waals surface area contributed by atoms with Crippen molar-refractivity contribution in [2.45, 2.75) is 57.7 Å². The molecule has 1 heterocycles. The van der Waals surface area contributed by atoms with Gasteiger partial charge in [0.1, 0.15) is 0 Å². The molecule has 1 fully saturated rings. The van der Waals surface area contributed by atoms with E-state index in [2.05, 4.69) is 34.0 Å². The van der Waals surface area contributed by atoms with E-state index in [0.29, 0.717) is 19.0 Å². The highest BCUT2D eigenvalue weighted by Gasteiger charge is 2.19. The molecule has 0 spiro atoms. The number of aryl methyl sites for hydroxylation is 1. The second-order valence-electron chi connectivity index (χ2n) is 8.89. The molecule has 33 heavy (non-hydrogen) atoms. The van der Waals surface area contributed by atoms with Crippen LogP contribution in [-0.4, -0.2) is 28.5 Å². The maximum atomic E-state index is 12.8. The van der Waals surface area contributed by atoms with Crippen LogP contribution in [0.5, 0.6) is 0 Å². The number of carbonyl (C=O) groups is 1. The van der Waals surface area contributed by atoms with Crippen molar-refractivity contribution in [1.29, 1.82) is 5.26 Å². The van der Waals surface area contributed by atoms with Crippen LogP contribution in [0.1, 0.15) is 49.7 Å². The summed E-state index contributed by atoms with van der Waals surface area (Å²) in [5, 5.41) is 13.1. The lowest BCUT2D eigenvalue weighted by molar-refractivity contribution is -0.111. The van der Waals surface area contributed by atoms with Crippen LogP contribution in [0, 0.1) is 11.3 Å². The van der Waals surface area contributed by atoms with Crippen LogP contribution in [-0.2, 0) is 17.9 Å². The minimum absolute atomic E-state index is 0.142. The Morgan fingerprint density at radius 3 is 2.73 bits per heavy atom. The minimum Gasteiger partial charge on any atom is -0.346 e. The molecule has 5 nitrogen and oxygen atoms in total. The topological polar surface area (TPSA) is 61.1 Å². The average molecular weight is 441 g/mol. The molecule has 0 unspecified atom stereocenters. The summed E-state index contributed by atoms with van der Waals surface area (Å²) in [7, 11) is 2.19. The number of nitrogens with zero attached hydrogens (tertiary/aromatic N) is 3. The average Bonchev–Trinajstić information content (AvgIpc) is 3.21. The molecular formula is C28H32N4O. The lowest BCUT2D eigenvalue weighted by atomic mass is 9.94. The van der Waals surface area contributed by atoms with E-state index in [9.17, 15) is 4.79 Å². The summed E-state index contributed by atoms with van der Waals surface area (Å²) in [6, 6.07) is 19.0. The summed E-state index contributed by atoms with van der Waals surface area (Å²) in [6.45, 7) is 1.47. The van der Waals surface area contributed by atoms with E-state index in [1.165, 1.54) is 32.1 Å². The minimum atomic E-state index is -0.142. The van der Waals surface area contributed by atoms with Crippen molar-refractivity contribution in [3.05, 3.63) is 71.9 Å². The Labute approximate surface area is 196 Å². The molecule has 0 bridgehead atoms. The first-order valence-corrected chi connectivity index (χ1v) is 11.9. The summed E-state index contributed by atoms with van der Waals surface area (Å²) in [5.74, 6) is -0.142. The molecule has 170 valence electrons. The second-order valence-corrected chi connectivity index (χ2v) is 8.89. The molecule has 3 aromatic rings. The van der Waals surface area contributed by atoms with E-state index >= 15 is 0 Å². The summed E-state index contributed by atoms with van der Waals surface area (Å²) in [4.78, 5) is 15.2. The molecule has 0 atom stereocenters. The number of nitriles is 1. The highest BCUT2D eigenvalue weighted by molar-refractivity contribution is 6.03. The van der Waals surface area contributed by atoms with Crippen molar-refractivity contribution in [2.75, 3.05) is 12.4 Å². The molecule has 5 heteroatoms. The quantitative estimate of drug-likeness (QED) is 0.439. The fourth-order valence-electron chi connectivity index (χ4n) is 4.80. The Hall–Kier alpha value is -3.36. The van der Waals surface area contributed by atoms with Crippen LogP contribution >= 0.6 is 0 Å². The van der Waals surface area contributed by atoms with Crippen molar-refractivity contribution >= 4 is 28.6 Å². The Balaban J connectivity index is 1.46. The van der Waals surface area contributed by atoms with Gasteiger partial charge in [0.15, 0.2) is 0 Å². The van der Waals surface area contributed by atoms with Crippen LogP contribution in [0.25, 0.3) is 17.0 Å². The van der Waals surface area contributed by atoms with Crippen LogP contribution in [0.15, 0.2) is 60.8 Å². The van der Waals surface area contributed by atoms with Gasteiger partial charge in [0, 0.05) is 53.6 Å². The molecule has 1 aromatic heterocycles. The predicted molar refractivity (Wildman–Crippen MR) is 135 cm³/mol.